The highest BCUT2D eigenvalue weighted by Crippen LogP contribution is 2.43. The predicted octanol–water partition coefficient (Wildman–Crippen LogP) is 0.993. The molecule has 20 heavy (non-hydrogen) atoms. The first-order chi connectivity index (χ1) is 9.83. The van der Waals surface area contributed by atoms with Crippen LogP contribution in [0, 0.1) is 11.8 Å². The number of rotatable bonds is 2. The maximum absolute atomic E-state index is 11.4. The van der Waals surface area contributed by atoms with Crippen molar-refractivity contribution in [1.29, 1.82) is 0 Å². The normalized spacial score (nSPS) is 28.5. The quantitative estimate of drug-likeness (QED) is 0.873. The fourth-order valence-corrected chi connectivity index (χ4v) is 3.01. The molecule has 104 valence electrons. The van der Waals surface area contributed by atoms with Crippen molar-refractivity contribution in [1.82, 2.24) is 5.43 Å². The third-order valence-corrected chi connectivity index (χ3v) is 4.30. The van der Waals surface area contributed by atoms with Gasteiger partial charge in [-0.05, 0) is 24.1 Å². The highest BCUT2D eigenvalue weighted by atomic mass is 16.5. The van der Waals surface area contributed by atoms with Gasteiger partial charge in [-0.25, -0.2) is 5.43 Å². The van der Waals surface area contributed by atoms with Gasteiger partial charge in [-0.3, -0.25) is 4.79 Å². The maximum atomic E-state index is 11.4. The summed E-state index contributed by atoms with van der Waals surface area (Å²) in [6.07, 6.45) is 0.940. The fraction of sp³-hybridized carbons (Fsp3) is 0.467. The molecule has 2 atom stereocenters. The van der Waals surface area contributed by atoms with Crippen LogP contribution in [0.5, 0.6) is 0 Å². The summed E-state index contributed by atoms with van der Waals surface area (Å²) in [6.45, 7) is 3.48. The van der Waals surface area contributed by atoms with Crippen LogP contribution < -0.4 is 10.3 Å². The van der Waals surface area contributed by atoms with E-state index in [-0.39, 0.29) is 11.8 Å². The molecule has 0 bridgehead atoms. The van der Waals surface area contributed by atoms with Crippen LogP contribution >= 0.6 is 0 Å². The summed E-state index contributed by atoms with van der Waals surface area (Å²) in [4.78, 5) is 13.8. The van der Waals surface area contributed by atoms with Crippen molar-refractivity contribution in [3.63, 3.8) is 0 Å². The van der Waals surface area contributed by atoms with Gasteiger partial charge in [0.1, 0.15) is 0 Å². The Morgan fingerprint density at radius 2 is 1.90 bits per heavy atom. The van der Waals surface area contributed by atoms with Gasteiger partial charge in [-0.15, -0.1) is 0 Å². The van der Waals surface area contributed by atoms with E-state index in [0.717, 1.165) is 44.0 Å². The zero-order valence-corrected chi connectivity index (χ0v) is 11.2. The van der Waals surface area contributed by atoms with Crippen molar-refractivity contribution in [2.45, 2.75) is 6.42 Å². The number of fused-ring (bicyclic) bond motifs is 1. The number of carbonyl (C=O) groups is 1. The Morgan fingerprint density at radius 1 is 1.15 bits per heavy atom. The van der Waals surface area contributed by atoms with Crippen molar-refractivity contribution in [3.8, 4) is 0 Å². The van der Waals surface area contributed by atoms with Gasteiger partial charge in [-0.1, -0.05) is 12.1 Å². The summed E-state index contributed by atoms with van der Waals surface area (Å²) in [5, 5.41) is 4.23. The molecule has 5 heteroatoms. The summed E-state index contributed by atoms with van der Waals surface area (Å²) in [5.74, 6) is 0.558. The monoisotopic (exact) mass is 271 g/mol. The van der Waals surface area contributed by atoms with Gasteiger partial charge in [0.05, 0.1) is 18.9 Å². The van der Waals surface area contributed by atoms with Crippen LogP contribution in [-0.2, 0) is 9.53 Å². The van der Waals surface area contributed by atoms with Crippen molar-refractivity contribution in [3.05, 3.63) is 29.8 Å². The van der Waals surface area contributed by atoms with Crippen LogP contribution in [0.4, 0.5) is 5.69 Å². The number of nitrogens with zero attached hydrogens (tertiary/aromatic N) is 2. The second-order valence-electron chi connectivity index (χ2n) is 5.57. The Labute approximate surface area is 117 Å². The third kappa shape index (κ3) is 1.98. The summed E-state index contributed by atoms with van der Waals surface area (Å²) in [7, 11) is 0. The number of hydrogen-bond donors (Lipinski definition) is 1. The number of nitrogens with one attached hydrogen (secondary N) is 1. The second-order valence-corrected chi connectivity index (χ2v) is 5.57. The number of carbonyl (C=O) groups excluding carboxylic acids is 1. The molecule has 1 aromatic rings. The molecule has 1 N–H and O–H groups in total. The summed E-state index contributed by atoms with van der Waals surface area (Å²) in [5.41, 5.74) is 6.00. The number of hydrazone groups is 1. The molecular weight excluding hydrogens is 254 g/mol. The van der Waals surface area contributed by atoms with E-state index in [4.69, 9.17) is 4.74 Å². The number of amides is 1. The standard InChI is InChI=1S/C15H17N3O2/c19-15-13-9-12(13)14(16-17-15)10-1-3-11(4-2-10)18-5-7-20-8-6-18/h1-4,12-13H,5-9H2,(H,17,19)/t12-,13+/m1/s1. The molecule has 0 spiro atoms. The Balaban J connectivity index is 1.54. The lowest BCUT2D eigenvalue weighted by Gasteiger charge is -2.29. The molecule has 0 radical (unpaired) electrons. The van der Waals surface area contributed by atoms with Crippen LogP contribution in [0.2, 0.25) is 0 Å². The first-order valence-electron chi connectivity index (χ1n) is 7.13. The van der Waals surface area contributed by atoms with Crippen molar-refractivity contribution in [2.24, 2.45) is 16.9 Å². The molecular formula is C15H17N3O2. The van der Waals surface area contributed by atoms with E-state index in [2.05, 4.69) is 39.7 Å². The van der Waals surface area contributed by atoms with Crippen LogP contribution in [-0.4, -0.2) is 37.9 Å². The first-order valence-corrected chi connectivity index (χ1v) is 7.13. The van der Waals surface area contributed by atoms with Gasteiger partial charge >= 0.3 is 0 Å². The molecule has 1 saturated heterocycles. The van der Waals surface area contributed by atoms with Gasteiger partial charge in [0.15, 0.2) is 0 Å². The van der Waals surface area contributed by atoms with Gasteiger partial charge in [0.25, 0.3) is 0 Å². The smallest absolute Gasteiger partial charge is 0.243 e. The van der Waals surface area contributed by atoms with Crippen LogP contribution in [0.25, 0.3) is 0 Å². The molecule has 3 aliphatic rings. The zero-order valence-electron chi connectivity index (χ0n) is 11.2. The molecule has 1 amide bonds. The molecule has 0 aromatic heterocycles. The lowest BCUT2D eigenvalue weighted by atomic mass is 10.0. The number of anilines is 1. The lowest BCUT2D eigenvalue weighted by molar-refractivity contribution is -0.122. The minimum atomic E-state index is 0.0729. The summed E-state index contributed by atoms with van der Waals surface area (Å²) in [6, 6.07) is 8.49. The van der Waals surface area contributed by atoms with E-state index < -0.39 is 0 Å². The second kappa shape index (κ2) is 4.59. The van der Waals surface area contributed by atoms with Crippen LogP contribution in [0.3, 0.4) is 0 Å². The summed E-state index contributed by atoms with van der Waals surface area (Å²) >= 11 is 0. The van der Waals surface area contributed by atoms with Crippen molar-refractivity contribution in [2.75, 3.05) is 31.2 Å². The van der Waals surface area contributed by atoms with E-state index in [1.54, 1.807) is 0 Å². The molecule has 4 rings (SSSR count). The van der Waals surface area contributed by atoms with Crippen LogP contribution in [0.15, 0.2) is 29.4 Å². The molecule has 2 fully saturated rings. The maximum Gasteiger partial charge on any atom is 0.243 e. The molecule has 2 heterocycles. The predicted molar refractivity (Wildman–Crippen MR) is 75.8 cm³/mol. The average Bonchev–Trinajstić information content (AvgIpc) is 3.30. The van der Waals surface area contributed by atoms with E-state index in [1.807, 2.05) is 0 Å². The zero-order chi connectivity index (χ0) is 13.5. The minimum absolute atomic E-state index is 0.0729. The molecule has 5 nitrogen and oxygen atoms in total. The fourth-order valence-electron chi connectivity index (χ4n) is 3.01. The number of ether oxygens (including phenoxy) is 1. The van der Waals surface area contributed by atoms with Crippen LogP contribution in [0.1, 0.15) is 12.0 Å². The average molecular weight is 271 g/mol. The Hall–Kier alpha value is -1.88. The molecule has 0 unspecified atom stereocenters. The number of hydrogen-bond acceptors (Lipinski definition) is 4. The van der Waals surface area contributed by atoms with Gasteiger partial charge in [0, 0.05) is 30.6 Å². The Morgan fingerprint density at radius 3 is 2.65 bits per heavy atom. The Bertz CT molecular complexity index is 561. The van der Waals surface area contributed by atoms with Gasteiger partial charge in [0.2, 0.25) is 5.91 Å². The van der Waals surface area contributed by atoms with Gasteiger partial charge in [-0.2, -0.15) is 5.10 Å². The first kappa shape index (κ1) is 11.9. The summed E-state index contributed by atoms with van der Waals surface area (Å²) < 4.78 is 5.37. The van der Waals surface area contributed by atoms with E-state index >= 15 is 0 Å². The molecule has 1 aliphatic carbocycles. The minimum Gasteiger partial charge on any atom is -0.378 e. The van der Waals surface area contributed by atoms with E-state index in [9.17, 15) is 4.79 Å². The van der Waals surface area contributed by atoms with Gasteiger partial charge < -0.3 is 9.64 Å². The topological polar surface area (TPSA) is 53.9 Å². The Kier molecular flexibility index (Phi) is 2.73. The molecule has 1 aromatic carbocycles. The SMILES string of the molecule is O=C1NN=C(c2ccc(N3CCOCC3)cc2)[C@@H]2C[C@H]12. The molecule has 1 saturated carbocycles. The van der Waals surface area contributed by atoms with E-state index in [0.29, 0.717) is 5.92 Å². The largest absolute Gasteiger partial charge is 0.378 e. The molecule has 2 aliphatic heterocycles. The number of morpholine rings is 1. The highest BCUT2D eigenvalue weighted by Gasteiger charge is 2.49. The number of benzene rings is 1. The third-order valence-electron chi connectivity index (χ3n) is 4.30. The van der Waals surface area contributed by atoms with Crippen molar-refractivity contribution < 1.29 is 9.53 Å². The highest BCUT2D eigenvalue weighted by molar-refractivity contribution is 6.09. The van der Waals surface area contributed by atoms with E-state index in [1.165, 1.54) is 5.69 Å². The lowest BCUT2D eigenvalue weighted by Crippen LogP contribution is -2.36. The van der Waals surface area contributed by atoms with Crippen molar-refractivity contribution >= 4 is 17.3 Å².